The molecule has 1 aromatic carbocycles. The third-order valence-corrected chi connectivity index (χ3v) is 3.18. The predicted octanol–water partition coefficient (Wildman–Crippen LogP) is 2.83. The zero-order valence-electron chi connectivity index (χ0n) is 10.9. The molecule has 2 N–H and O–H groups in total. The standard InChI is InChI=1S/C14H16FN3S/c1-9(2)14-17-5-6-18(14)8-11-4-3-10(13(16)19)7-12(11)15/h3-7,9H,8H2,1-2H3,(H2,16,19). The molecule has 0 radical (unpaired) electrons. The van der Waals surface area contributed by atoms with Crippen molar-refractivity contribution in [3.8, 4) is 0 Å². The van der Waals surface area contributed by atoms with Crippen molar-refractivity contribution in [1.82, 2.24) is 9.55 Å². The second kappa shape index (κ2) is 5.48. The summed E-state index contributed by atoms with van der Waals surface area (Å²) in [5.41, 5.74) is 6.63. The molecule has 0 saturated heterocycles. The second-order valence-electron chi connectivity index (χ2n) is 4.74. The van der Waals surface area contributed by atoms with Crippen LogP contribution in [-0.4, -0.2) is 14.5 Å². The maximum absolute atomic E-state index is 14.0. The van der Waals surface area contributed by atoms with E-state index in [1.165, 1.54) is 6.07 Å². The van der Waals surface area contributed by atoms with E-state index >= 15 is 0 Å². The lowest BCUT2D eigenvalue weighted by atomic mass is 10.1. The van der Waals surface area contributed by atoms with Gasteiger partial charge in [0.15, 0.2) is 0 Å². The monoisotopic (exact) mass is 277 g/mol. The maximum atomic E-state index is 14.0. The first-order chi connectivity index (χ1) is 8.99. The predicted molar refractivity (Wildman–Crippen MR) is 77.7 cm³/mol. The van der Waals surface area contributed by atoms with Crippen molar-refractivity contribution in [1.29, 1.82) is 0 Å². The Kier molecular flexibility index (Phi) is 3.95. The third kappa shape index (κ3) is 2.98. The second-order valence-corrected chi connectivity index (χ2v) is 5.18. The van der Waals surface area contributed by atoms with Crippen molar-refractivity contribution < 1.29 is 4.39 Å². The van der Waals surface area contributed by atoms with Gasteiger partial charge in [0.25, 0.3) is 0 Å². The Morgan fingerprint density at radius 2 is 2.21 bits per heavy atom. The van der Waals surface area contributed by atoms with E-state index in [0.717, 1.165) is 5.82 Å². The molecule has 0 atom stereocenters. The fourth-order valence-corrected chi connectivity index (χ4v) is 2.09. The van der Waals surface area contributed by atoms with E-state index in [9.17, 15) is 4.39 Å². The van der Waals surface area contributed by atoms with Gasteiger partial charge >= 0.3 is 0 Å². The fourth-order valence-electron chi connectivity index (χ4n) is 1.97. The minimum absolute atomic E-state index is 0.205. The van der Waals surface area contributed by atoms with E-state index in [1.807, 2.05) is 10.8 Å². The number of nitrogens with two attached hydrogens (primary N) is 1. The molecule has 2 aromatic rings. The van der Waals surface area contributed by atoms with Crippen LogP contribution < -0.4 is 5.73 Å². The minimum atomic E-state index is -0.297. The minimum Gasteiger partial charge on any atom is -0.389 e. The Balaban J connectivity index is 2.28. The number of benzene rings is 1. The largest absolute Gasteiger partial charge is 0.389 e. The molecule has 0 amide bonds. The number of rotatable bonds is 4. The average Bonchev–Trinajstić information content (AvgIpc) is 2.79. The quantitative estimate of drug-likeness (QED) is 0.874. The number of nitrogens with zero attached hydrogens (tertiary/aromatic N) is 2. The molecule has 0 saturated carbocycles. The number of hydrogen-bond donors (Lipinski definition) is 1. The topological polar surface area (TPSA) is 43.8 Å². The highest BCUT2D eigenvalue weighted by atomic mass is 32.1. The molecule has 100 valence electrons. The molecule has 0 bridgehead atoms. The van der Waals surface area contributed by atoms with Crippen LogP contribution in [0.15, 0.2) is 30.6 Å². The van der Waals surface area contributed by atoms with Crippen LogP contribution in [0.1, 0.15) is 36.7 Å². The SMILES string of the molecule is CC(C)c1nccn1Cc1ccc(C(N)=S)cc1F. The van der Waals surface area contributed by atoms with Crippen molar-refractivity contribution >= 4 is 17.2 Å². The molecule has 5 heteroatoms. The fraction of sp³-hybridized carbons (Fsp3) is 0.286. The molecule has 2 rings (SSSR count). The van der Waals surface area contributed by atoms with Crippen LogP contribution in [-0.2, 0) is 6.54 Å². The van der Waals surface area contributed by atoms with E-state index in [0.29, 0.717) is 23.6 Å². The Morgan fingerprint density at radius 1 is 1.47 bits per heavy atom. The van der Waals surface area contributed by atoms with Crippen LogP contribution in [0.4, 0.5) is 4.39 Å². The van der Waals surface area contributed by atoms with Gasteiger partial charge in [-0.2, -0.15) is 0 Å². The molecular formula is C14H16FN3S. The summed E-state index contributed by atoms with van der Waals surface area (Å²) >= 11 is 4.83. The summed E-state index contributed by atoms with van der Waals surface area (Å²) in [7, 11) is 0. The van der Waals surface area contributed by atoms with E-state index in [2.05, 4.69) is 18.8 Å². The lowest BCUT2D eigenvalue weighted by Gasteiger charge is -2.11. The summed E-state index contributed by atoms with van der Waals surface area (Å²) in [5, 5.41) is 0. The molecule has 1 aromatic heterocycles. The number of hydrogen-bond acceptors (Lipinski definition) is 2. The van der Waals surface area contributed by atoms with Crippen molar-refractivity contribution in [2.75, 3.05) is 0 Å². The maximum Gasteiger partial charge on any atom is 0.128 e. The third-order valence-electron chi connectivity index (χ3n) is 2.94. The first-order valence-electron chi connectivity index (χ1n) is 6.08. The molecule has 0 aliphatic rings. The number of thiocarbonyl (C=S) groups is 1. The molecule has 0 unspecified atom stereocenters. The van der Waals surface area contributed by atoms with Crippen LogP contribution in [0.2, 0.25) is 0 Å². The van der Waals surface area contributed by atoms with E-state index < -0.39 is 0 Å². The van der Waals surface area contributed by atoms with Crippen molar-refractivity contribution in [2.45, 2.75) is 26.3 Å². The number of imidazole rings is 1. The molecule has 0 spiro atoms. The van der Waals surface area contributed by atoms with Gasteiger partial charge in [-0.15, -0.1) is 0 Å². The van der Waals surface area contributed by atoms with Crippen molar-refractivity contribution in [3.63, 3.8) is 0 Å². The highest BCUT2D eigenvalue weighted by Gasteiger charge is 2.10. The highest BCUT2D eigenvalue weighted by Crippen LogP contribution is 2.16. The normalized spacial score (nSPS) is 10.9. The van der Waals surface area contributed by atoms with Gasteiger partial charge in [0.1, 0.15) is 16.6 Å². The lowest BCUT2D eigenvalue weighted by molar-refractivity contribution is 0.588. The van der Waals surface area contributed by atoms with Gasteiger partial charge in [-0.25, -0.2) is 9.37 Å². The van der Waals surface area contributed by atoms with Gasteiger partial charge in [0.2, 0.25) is 0 Å². The van der Waals surface area contributed by atoms with Crippen molar-refractivity contribution in [2.24, 2.45) is 5.73 Å². The number of aromatic nitrogens is 2. The molecule has 19 heavy (non-hydrogen) atoms. The summed E-state index contributed by atoms with van der Waals surface area (Å²) in [6.07, 6.45) is 3.59. The zero-order chi connectivity index (χ0) is 14.0. The first kappa shape index (κ1) is 13.7. The van der Waals surface area contributed by atoms with Crippen LogP contribution in [0.3, 0.4) is 0 Å². The van der Waals surface area contributed by atoms with E-state index in [4.69, 9.17) is 18.0 Å². The molecular weight excluding hydrogens is 261 g/mol. The summed E-state index contributed by atoms with van der Waals surface area (Å²) in [6, 6.07) is 4.84. The highest BCUT2D eigenvalue weighted by molar-refractivity contribution is 7.80. The Labute approximate surface area is 117 Å². The summed E-state index contributed by atoms with van der Waals surface area (Å²) in [5.74, 6) is 0.945. The van der Waals surface area contributed by atoms with Crippen LogP contribution in [0.25, 0.3) is 0 Å². The van der Waals surface area contributed by atoms with Gasteiger partial charge < -0.3 is 10.3 Å². The molecule has 3 nitrogen and oxygen atoms in total. The Hall–Kier alpha value is -1.75. The first-order valence-corrected chi connectivity index (χ1v) is 6.49. The van der Waals surface area contributed by atoms with Crippen LogP contribution in [0.5, 0.6) is 0 Å². The van der Waals surface area contributed by atoms with Crippen LogP contribution in [0, 0.1) is 5.82 Å². The van der Waals surface area contributed by atoms with Gasteiger partial charge in [-0.3, -0.25) is 0 Å². The zero-order valence-corrected chi connectivity index (χ0v) is 11.7. The van der Waals surface area contributed by atoms with Crippen molar-refractivity contribution in [3.05, 3.63) is 53.4 Å². The summed E-state index contributed by atoms with van der Waals surface area (Å²) < 4.78 is 15.9. The smallest absolute Gasteiger partial charge is 0.128 e. The molecule has 0 aliphatic heterocycles. The average molecular weight is 277 g/mol. The van der Waals surface area contributed by atoms with Crippen LogP contribution >= 0.6 is 12.2 Å². The van der Waals surface area contributed by atoms with E-state index in [1.54, 1.807) is 18.3 Å². The summed E-state index contributed by atoms with van der Waals surface area (Å²) in [6.45, 7) is 4.58. The van der Waals surface area contributed by atoms with Gasteiger partial charge in [-0.1, -0.05) is 38.2 Å². The molecule has 1 heterocycles. The number of halogens is 1. The van der Waals surface area contributed by atoms with Gasteiger partial charge in [-0.05, 0) is 6.07 Å². The molecule has 0 fully saturated rings. The van der Waals surface area contributed by atoms with E-state index in [-0.39, 0.29) is 10.8 Å². The van der Waals surface area contributed by atoms with Gasteiger partial charge in [0.05, 0.1) is 6.54 Å². The Morgan fingerprint density at radius 3 is 2.79 bits per heavy atom. The van der Waals surface area contributed by atoms with Gasteiger partial charge in [0, 0.05) is 29.4 Å². The Bertz CT molecular complexity index is 604. The lowest BCUT2D eigenvalue weighted by Crippen LogP contribution is -2.11. The summed E-state index contributed by atoms with van der Waals surface area (Å²) in [4.78, 5) is 4.49. The molecule has 0 aliphatic carbocycles.